The molecule has 0 aromatic carbocycles. The van der Waals surface area contributed by atoms with E-state index in [0.717, 1.165) is 5.69 Å². The predicted molar refractivity (Wildman–Crippen MR) is 63.3 cm³/mol. The molecule has 0 aliphatic carbocycles. The van der Waals surface area contributed by atoms with E-state index in [1.165, 1.54) is 0 Å². The lowest BCUT2D eigenvalue weighted by Gasteiger charge is -2.14. The van der Waals surface area contributed by atoms with Gasteiger partial charge >= 0.3 is 0 Å². The Bertz CT molecular complexity index is 358. The maximum atomic E-state index is 11.5. The van der Waals surface area contributed by atoms with Crippen molar-refractivity contribution in [3.8, 4) is 0 Å². The van der Waals surface area contributed by atoms with Crippen molar-refractivity contribution in [1.29, 1.82) is 0 Å². The van der Waals surface area contributed by atoms with Crippen LogP contribution in [0, 0.1) is 13.8 Å². The van der Waals surface area contributed by atoms with Gasteiger partial charge in [-0.05, 0) is 27.7 Å². The number of likely N-dealkylation sites (N-methyl/N-ethyl adjacent to an activating group) is 1. The van der Waals surface area contributed by atoms with Gasteiger partial charge in [0.1, 0.15) is 17.7 Å². The molecule has 0 saturated heterocycles. The summed E-state index contributed by atoms with van der Waals surface area (Å²) in [4.78, 5) is 19.9. The van der Waals surface area contributed by atoms with Crippen LogP contribution in [0.15, 0.2) is 6.07 Å². The Kier molecular flexibility index (Phi) is 4.22. The Morgan fingerprint density at radius 2 is 2.12 bits per heavy atom. The number of aromatic nitrogens is 2. The van der Waals surface area contributed by atoms with Crippen LogP contribution in [-0.4, -0.2) is 28.5 Å². The fraction of sp³-hybridized carbons (Fsp3) is 0.545. The van der Waals surface area contributed by atoms with E-state index in [9.17, 15) is 4.79 Å². The molecule has 0 radical (unpaired) electrons. The summed E-state index contributed by atoms with van der Waals surface area (Å²) in [6.45, 7) is 8.06. The van der Waals surface area contributed by atoms with Crippen molar-refractivity contribution >= 4 is 11.7 Å². The summed E-state index contributed by atoms with van der Waals surface area (Å²) in [5, 5.41) is 5.79. The van der Waals surface area contributed by atoms with Crippen molar-refractivity contribution in [2.75, 3.05) is 11.9 Å². The fourth-order valence-electron chi connectivity index (χ4n) is 1.41. The first-order chi connectivity index (χ1) is 7.52. The van der Waals surface area contributed by atoms with Crippen LogP contribution in [-0.2, 0) is 4.79 Å². The minimum atomic E-state index is -0.298. The van der Waals surface area contributed by atoms with Gasteiger partial charge in [-0.1, -0.05) is 0 Å². The fourth-order valence-corrected chi connectivity index (χ4v) is 1.41. The number of hydrogen-bond acceptors (Lipinski definition) is 4. The number of nitrogens with zero attached hydrogens (tertiary/aromatic N) is 2. The molecule has 16 heavy (non-hydrogen) atoms. The zero-order chi connectivity index (χ0) is 12.1. The highest BCUT2D eigenvalue weighted by Gasteiger charge is 2.12. The van der Waals surface area contributed by atoms with Crippen LogP contribution in [0.5, 0.6) is 0 Å². The highest BCUT2D eigenvalue weighted by molar-refractivity contribution is 5.83. The highest BCUT2D eigenvalue weighted by atomic mass is 16.2. The quantitative estimate of drug-likeness (QED) is 0.798. The van der Waals surface area contributed by atoms with Crippen molar-refractivity contribution in [3.05, 3.63) is 17.6 Å². The van der Waals surface area contributed by atoms with Crippen LogP contribution >= 0.6 is 0 Å². The molecule has 0 spiro atoms. The molecule has 2 N–H and O–H groups in total. The molecule has 5 heteroatoms. The summed E-state index contributed by atoms with van der Waals surface area (Å²) >= 11 is 0. The van der Waals surface area contributed by atoms with E-state index < -0.39 is 0 Å². The molecule has 88 valence electrons. The topological polar surface area (TPSA) is 66.9 Å². The monoisotopic (exact) mass is 222 g/mol. The van der Waals surface area contributed by atoms with Crippen LogP contribution in [0.1, 0.15) is 25.4 Å². The van der Waals surface area contributed by atoms with E-state index in [0.29, 0.717) is 18.2 Å². The molecule has 0 aliphatic heterocycles. The van der Waals surface area contributed by atoms with Crippen LogP contribution < -0.4 is 10.6 Å². The minimum Gasteiger partial charge on any atom is -0.359 e. The van der Waals surface area contributed by atoms with Crippen molar-refractivity contribution in [2.24, 2.45) is 0 Å². The maximum absolute atomic E-state index is 11.5. The van der Waals surface area contributed by atoms with E-state index in [1.54, 1.807) is 6.92 Å². The molecule has 1 rings (SSSR count). The zero-order valence-electron chi connectivity index (χ0n) is 10.2. The smallest absolute Gasteiger partial charge is 0.242 e. The van der Waals surface area contributed by atoms with E-state index >= 15 is 0 Å². The average Bonchev–Trinajstić information content (AvgIpc) is 2.16. The molecule has 1 aromatic heterocycles. The second-order valence-corrected chi connectivity index (χ2v) is 3.70. The van der Waals surface area contributed by atoms with E-state index in [4.69, 9.17) is 0 Å². The molecular formula is C11H18N4O. The number of hydrogen-bond donors (Lipinski definition) is 2. The third-order valence-electron chi connectivity index (χ3n) is 2.07. The molecule has 1 unspecified atom stereocenters. The molecule has 1 aromatic rings. The van der Waals surface area contributed by atoms with Crippen molar-refractivity contribution in [3.63, 3.8) is 0 Å². The average molecular weight is 222 g/mol. The lowest BCUT2D eigenvalue weighted by atomic mass is 10.3. The molecule has 5 nitrogen and oxygen atoms in total. The lowest BCUT2D eigenvalue weighted by Crippen LogP contribution is -2.37. The van der Waals surface area contributed by atoms with Crippen molar-refractivity contribution in [1.82, 2.24) is 15.3 Å². The summed E-state index contributed by atoms with van der Waals surface area (Å²) in [6.07, 6.45) is 0. The Morgan fingerprint density at radius 3 is 2.69 bits per heavy atom. The number of aryl methyl sites for hydroxylation is 2. The summed E-state index contributed by atoms with van der Waals surface area (Å²) < 4.78 is 0. The van der Waals surface area contributed by atoms with Gasteiger partial charge in [-0.3, -0.25) is 4.79 Å². The Balaban J connectivity index is 2.69. The van der Waals surface area contributed by atoms with Crippen molar-refractivity contribution in [2.45, 2.75) is 33.7 Å². The SMILES string of the molecule is CCNC(=O)C(C)Nc1cc(C)nc(C)n1. The van der Waals surface area contributed by atoms with Crippen LogP contribution in [0.25, 0.3) is 0 Å². The van der Waals surface area contributed by atoms with E-state index in [-0.39, 0.29) is 11.9 Å². The van der Waals surface area contributed by atoms with Crippen molar-refractivity contribution < 1.29 is 4.79 Å². The third kappa shape index (κ3) is 3.49. The number of nitrogens with one attached hydrogen (secondary N) is 2. The lowest BCUT2D eigenvalue weighted by molar-refractivity contribution is -0.121. The molecule has 0 aliphatic rings. The van der Waals surface area contributed by atoms with Gasteiger partial charge in [-0.25, -0.2) is 9.97 Å². The molecule has 0 saturated carbocycles. The van der Waals surface area contributed by atoms with Gasteiger partial charge < -0.3 is 10.6 Å². The molecule has 1 atom stereocenters. The Morgan fingerprint density at radius 1 is 1.44 bits per heavy atom. The largest absolute Gasteiger partial charge is 0.359 e. The molecular weight excluding hydrogens is 204 g/mol. The molecule has 1 heterocycles. The maximum Gasteiger partial charge on any atom is 0.242 e. The van der Waals surface area contributed by atoms with Gasteiger partial charge in [-0.15, -0.1) is 0 Å². The number of anilines is 1. The zero-order valence-corrected chi connectivity index (χ0v) is 10.2. The van der Waals surface area contributed by atoms with Crippen LogP contribution in [0.4, 0.5) is 5.82 Å². The standard InChI is InChI=1S/C11H18N4O/c1-5-12-11(16)8(3)14-10-6-7(2)13-9(4)15-10/h6,8H,5H2,1-4H3,(H,12,16)(H,13,14,15). The highest BCUT2D eigenvalue weighted by Crippen LogP contribution is 2.07. The van der Waals surface area contributed by atoms with Gasteiger partial charge in [0, 0.05) is 18.3 Å². The molecule has 0 fully saturated rings. The van der Waals surface area contributed by atoms with Gasteiger partial charge in [0.2, 0.25) is 5.91 Å². The normalized spacial score (nSPS) is 12.0. The summed E-state index contributed by atoms with van der Waals surface area (Å²) in [7, 11) is 0. The number of carbonyl (C=O) groups is 1. The predicted octanol–water partition coefficient (Wildman–Crippen LogP) is 1.03. The van der Waals surface area contributed by atoms with Gasteiger partial charge in [-0.2, -0.15) is 0 Å². The van der Waals surface area contributed by atoms with Crippen LogP contribution in [0.3, 0.4) is 0 Å². The number of rotatable bonds is 4. The first-order valence-corrected chi connectivity index (χ1v) is 5.39. The molecule has 1 amide bonds. The third-order valence-corrected chi connectivity index (χ3v) is 2.07. The van der Waals surface area contributed by atoms with Gasteiger partial charge in [0.15, 0.2) is 0 Å². The van der Waals surface area contributed by atoms with E-state index in [2.05, 4.69) is 20.6 Å². The first-order valence-electron chi connectivity index (χ1n) is 5.39. The van der Waals surface area contributed by atoms with Gasteiger partial charge in [0.25, 0.3) is 0 Å². The Hall–Kier alpha value is -1.65. The number of amides is 1. The molecule has 0 bridgehead atoms. The summed E-state index contributed by atoms with van der Waals surface area (Å²) in [6, 6.07) is 1.52. The van der Waals surface area contributed by atoms with E-state index in [1.807, 2.05) is 26.8 Å². The summed E-state index contributed by atoms with van der Waals surface area (Å²) in [5.74, 6) is 1.35. The minimum absolute atomic E-state index is 0.0311. The van der Waals surface area contributed by atoms with Crippen LogP contribution in [0.2, 0.25) is 0 Å². The van der Waals surface area contributed by atoms with Gasteiger partial charge in [0.05, 0.1) is 0 Å². The second kappa shape index (κ2) is 5.44. The number of carbonyl (C=O) groups excluding carboxylic acids is 1. The summed E-state index contributed by atoms with van der Waals surface area (Å²) in [5.41, 5.74) is 0.887. The first kappa shape index (κ1) is 12.4. The Labute approximate surface area is 95.7 Å². The second-order valence-electron chi connectivity index (χ2n) is 3.70.